The molecule has 0 amide bonds. The van der Waals surface area contributed by atoms with Crippen molar-refractivity contribution in [1.29, 1.82) is 0 Å². The van der Waals surface area contributed by atoms with Crippen molar-refractivity contribution in [1.82, 2.24) is 14.9 Å². The van der Waals surface area contributed by atoms with Gasteiger partial charge in [0.1, 0.15) is 0 Å². The Labute approximate surface area is 98.0 Å². The fourth-order valence-corrected chi connectivity index (χ4v) is 2.32. The summed E-state index contributed by atoms with van der Waals surface area (Å²) in [6.07, 6.45) is 0.225. The van der Waals surface area contributed by atoms with Crippen LogP contribution in [0.4, 0.5) is 13.2 Å². The number of hydrogen-bond donors (Lipinski definition) is 1. The largest absolute Gasteiger partial charge is 0.391 e. The maximum Gasteiger partial charge on any atom is 0.391 e. The van der Waals surface area contributed by atoms with Crippen molar-refractivity contribution in [2.75, 3.05) is 6.54 Å². The molecular weight excluding hydrogens is 231 g/mol. The summed E-state index contributed by atoms with van der Waals surface area (Å²) in [5.74, 6) is 0. The molecular formula is C11H16F3N3. The molecule has 2 heterocycles. The Kier molecular flexibility index (Phi) is 3.42. The Morgan fingerprint density at radius 2 is 2.35 bits per heavy atom. The van der Waals surface area contributed by atoms with E-state index >= 15 is 0 Å². The summed E-state index contributed by atoms with van der Waals surface area (Å²) in [4.78, 5) is 3.97. The Balaban J connectivity index is 2.12. The van der Waals surface area contributed by atoms with Gasteiger partial charge in [0.2, 0.25) is 0 Å². The lowest BCUT2D eigenvalue weighted by molar-refractivity contribution is -0.141. The highest BCUT2D eigenvalue weighted by Gasteiger charge is 2.32. The van der Waals surface area contributed by atoms with E-state index in [1.54, 1.807) is 17.7 Å². The Morgan fingerprint density at radius 3 is 2.94 bits per heavy atom. The number of alkyl halides is 3. The first-order chi connectivity index (χ1) is 7.97. The number of hydrogen-bond acceptors (Lipinski definition) is 2. The van der Waals surface area contributed by atoms with Crippen molar-refractivity contribution in [3.63, 3.8) is 0 Å². The lowest BCUT2D eigenvalue weighted by atomic mass is 10.1. The van der Waals surface area contributed by atoms with Crippen LogP contribution in [0.3, 0.4) is 0 Å². The lowest BCUT2D eigenvalue weighted by Crippen LogP contribution is -2.21. The summed E-state index contributed by atoms with van der Waals surface area (Å²) in [5.41, 5.74) is 0.860. The van der Waals surface area contributed by atoms with Crippen LogP contribution in [0.5, 0.6) is 0 Å². The Morgan fingerprint density at radius 1 is 1.59 bits per heavy atom. The number of halogens is 3. The first-order valence-corrected chi connectivity index (χ1v) is 5.79. The zero-order valence-corrected chi connectivity index (χ0v) is 9.67. The van der Waals surface area contributed by atoms with Gasteiger partial charge in [0.15, 0.2) is 0 Å². The van der Waals surface area contributed by atoms with Gasteiger partial charge in [-0.2, -0.15) is 13.2 Å². The molecule has 1 unspecified atom stereocenters. The van der Waals surface area contributed by atoms with Gasteiger partial charge in [0.05, 0.1) is 18.4 Å². The van der Waals surface area contributed by atoms with Gasteiger partial charge in [0.25, 0.3) is 0 Å². The van der Waals surface area contributed by atoms with Crippen LogP contribution in [0.15, 0.2) is 12.5 Å². The van der Waals surface area contributed by atoms with E-state index in [9.17, 15) is 13.2 Å². The predicted octanol–water partition coefficient (Wildman–Crippen LogP) is 2.82. The summed E-state index contributed by atoms with van der Waals surface area (Å²) >= 11 is 0. The molecule has 1 aliphatic rings. The standard InChI is InChI=1S/C11H16F3N3/c1-8(5-11(12,13)14)17-7-15-6-10(17)9-3-2-4-16-9/h6-9,16H,2-5H2,1H3/t8?,9-/m0/s1. The average molecular weight is 247 g/mol. The fraction of sp³-hybridized carbons (Fsp3) is 0.727. The van der Waals surface area contributed by atoms with Gasteiger partial charge < -0.3 is 9.88 Å². The molecule has 1 N–H and O–H groups in total. The summed E-state index contributed by atoms with van der Waals surface area (Å²) in [7, 11) is 0. The molecule has 1 aliphatic heterocycles. The van der Waals surface area contributed by atoms with Crippen molar-refractivity contribution < 1.29 is 13.2 Å². The highest BCUT2D eigenvalue weighted by Crippen LogP contribution is 2.31. The monoisotopic (exact) mass is 247 g/mol. The van der Waals surface area contributed by atoms with Gasteiger partial charge in [-0.05, 0) is 26.3 Å². The van der Waals surface area contributed by atoms with Crippen LogP contribution in [0.1, 0.15) is 44.0 Å². The van der Waals surface area contributed by atoms with Crippen molar-refractivity contribution in [2.24, 2.45) is 0 Å². The highest BCUT2D eigenvalue weighted by atomic mass is 19.4. The second kappa shape index (κ2) is 4.68. The Bertz CT molecular complexity index is 366. The number of rotatable bonds is 3. The van der Waals surface area contributed by atoms with Crippen molar-refractivity contribution in [3.8, 4) is 0 Å². The van der Waals surface area contributed by atoms with Gasteiger partial charge in [-0.25, -0.2) is 4.98 Å². The third-order valence-electron chi connectivity index (χ3n) is 3.12. The van der Waals surface area contributed by atoms with E-state index in [2.05, 4.69) is 10.3 Å². The summed E-state index contributed by atoms with van der Waals surface area (Å²) < 4.78 is 38.7. The van der Waals surface area contributed by atoms with Gasteiger partial charge in [-0.1, -0.05) is 0 Å². The third-order valence-corrected chi connectivity index (χ3v) is 3.12. The van der Waals surface area contributed by atoms with Crippen molar-refractivity contribution in [2.45, 2.75) is 44.4 Å². The zero-order valence-electron chi connectivity index (χ0n) is 9.67. The van der Waals surface area contributed by atoms with Gasteiger partial charge >= 0.3 is 6.18 Å². The number of imidazole rings is 1. The number of nitrogens with one attached hydrogen (secondary N) is 1. The van der Waals surface area contributed by atoms with Gasteiger partial charge in [-0.3, -0.25) is 0 Å². The van der Waals surface area contributed by atoms with Crippen LogP contribution in [-0.4, -0.2) is 22.3 Å². The second-order valence-corrected chi connectivity index (χ2v) is 4.54. The minimum atomic E-state index is -4.13. The minimum absolute atomic E-state index is 0.146. The molecule has 1 fully saturated rings. The molecule has 2 atom stereocenters. The van der Waals surface area contributed by atoms with Gasteiger partial charge in [-0.15, -0.1) is 0 Å². The second-order valence-electron chi connectivity index (χ2n) is 4.54. The summed E-state index contributed by atoms with van der Waals surface area (Å²) in [6.45, 7) is 2.50. The summed E-state index contributed by atoms with van der Waals surface area (Å²) in [5, 5.41) is 3.28. The minimum Gasteiger partial charge on any atom is -0.330 e. The molecule has 96 valence electrons. The molecule has 0 aliphatic carbocycles. The molecule has 0 aromatic carbocycles. The first kappa shape index (κ1) is 12.4. The van der Waals surface area contributed by atoms with Crippen LogP contribution in [0.25, 0.3) is 0 Å². The maximum absolute atomic E-state index is 12.4. The quantitative estimate of drug-likeness (QED) is 0.890. The van der Waals surface area contributed by atoms with Crippen LogP contribution in [0.2, 0.25) is 0 Å². The highest BCUT2D eigenvalue weighted by molar-refractivity contribution is 5.08. The third kappa shape index (κ3) is 3.00. The van der Waals surface area contributed by atoms with Crippen molar-refractivity contribution in [3.05, 3.63) is 18.2 Å². The smallest absolute Gasteiger partial charge is 0.330 e. The molecule has 3 nitrogen and oxygen atoms in total. The number of aromatic nitrogens is 2. The molecule has 2 rings (SSSR count). The van der Waals surface area contributed by atoms with Crippen LogP contribution < -0.4 is 5.32 Å². The molecule has 6 heteroatoms. The van der Waals surface area contributed by atoms with E-state index in [1.807, 2.05) is 0 Å². The lowest BCUT2D eigenvalue weighted by Gasteiger charge is -2.20. The summed E-state index contributed by atoms with van der Waals surface area (Å²) in [6, 6.07) is -0.455. The normalized spacial score (nSPS) is 22.9. The fourth-order valence-electron chi connectivity index (χ4n) is 2.32. The van der Waals surface area contributed by atoms with E-state index in [4.69, 9.17) is 0 Å². The number of nitrogens with zero attached hydrogens (tertiary/aromatic N) is 2. The average Bonchev–Trinajstić information content (AvgIpc) is 2.85. The van der Waals surface area contributed by atoms with Crippen LogP contribution >= 0.6 is 0 Å². The van der Waals surface area contributed by atoms with E-state index in [0.29, 0.717) is 0 Å². The predicted molar refractivity (Wildman–Crippen MR) is 57.6 cm³/mol. The molecule has 1 aromatic rings. The molecule has 0 radical (unpaired) electrons. The zero-order chi connectivity index (χ0) is 12.5. The molecule has 1 aromatic heterocycles. The van der Waals surface area contributed by atoms with E-state index < -0.39 is 18.6 Å². The van der Waals surface area contributed by atoms with Crippen LogP contribution in [0, 0.1) is 0 Å². The molecule has 17 heavy (non-hydrogen) atoms. The van der Waals surface area contributed by atoms with Crippen LogP contribution in [-0.2, 0) is 0 Å². The van der Waals surface area contributed by atoms with Gasteiger partial charge in [0, 0.05) is 18.3 Å². The van der Waals surface area contributed by atoms with E-state index in [0.717, 1.165) is 25.1 Å². The topological polar surface area (TPSA) is 29.9 Å². The Hall–Kier alpha value is -1.04. The molecule has 1 saturated heterocycles. The van der Waals surface area contributed by atoms with E-state index in [1.165, 1.54) is 6.33 Å². The molecule has 0 bridgehead atoms. The molecule has 0 saturated carbocycles. The van der Waals surface area contributed by atoms with Crippen molar-refractivity contribution >= 4 is 0 Å². The SMILES string of the molecule is CC(CC(F)(F)F)n1cncc1[C@@H]1CCCN1. The maximum atomic E-state index is 12.4. The van der Waals surface area contributed by atoms with E-state index in [-0.39, 0.29) is 6.04 Å². The molecule has 0 spiro atoms. The first-order valence-electron chi connectivity index (χ1n) is 5.79.